The summed E-state index contributed by atoms with van der Waals surface area (Å²) in [7, 11) is 0. The van der Waals surface area contributed by atoms with Crippen LogP contribution >= 0.6 is 0 Å². The minimum atomic E-state index is -0.340. The fourth-order valence-electron chi connectivity index (χ4n) is 5.22. The quantitative estimate of drug-likeness (QED) is 0.904. The van der Waals surface area contributed by atoms with Crippen LogP contribution in [0.15, 0.2) is 24.3 Å². The predicted molar refractivity (Wildman–Crippen MR) is 99.6 cm³/mol. The summed E-state index contributed by atoms with van der Waals surface area (Å²) in [4.78, 5) is 33.9. The zero-order valence-electron chi connectivity index (χ0n) is 15.4. The van der Waals surface area contributed by atoms with Crippen molar-refractivity contribution in [2.45, 2.75) is 57.7 Å². The minimum absolute atomic E-state index is 0.0321. The summed E-state index contributed by atoms with van der Waals surface area (Å²) in [6.07, 6.45) is 3.25. The molecule has 0 spiro atoms. The molecule has 1 N–H and O–H groups in total. The number of amides is 2. The molecule has 136 valence electrons. The highest BCUT2D eigenvalue weighted by Gasteiger charge is 2.52. The fraction of sp³-hybridized carbons (Fsp3) is 0.524. The molecule has 2 fully saturated rings. The third-order valence-electron chi connectivity index (χ3n) is 6.30. The zero-order chi connectivity index (χ0) is 18.0. The van der Waals surface area contributed by atoms with E-state index in [9.17, 15) is 9.59 Å². The van der Waals surface area contributed by atoms with E-state index in [2.05, 4.69) is 31.0 Å². The Balaban J connectivity index is 1.68. The minimum Gasteiger partial charge on any atom is -0.356 e. The number of hydrogen-bond donors (Lipinski definition) is 1. The average Bonchev–Trinajstić information content (AvgIpc) is 3.24. The first-order valence-corrected chi connectivity index (χ1v) is 9.78. The molecule has 0 aliphatic carbocycles. The number of benzene rings is 1. The topological polar surface area (TPSA) is 56.4 Å². The maximum absolute atomic E-state index is 13.3. The van der Waals surface area contributed by atoms with Crippen molar-refractivity contribution in [3.05, 3.63) is 35.5 Å². The lowest BCUT2D eigenvalue weighted by Crippen LogP contribution is -2.65. The number of carbonyl (C=O) groups is 2. The van der Waals surface area contributed by atoms with Crippen LogP contribution in [0.25, 0.3) is 10.9 Å². The lowest BCUT2D eigenvalue weighted by molar-refractivity contribution is -0.163. The fourth-order valence-corrected chi connectivity index (χ4v) is 5.22. The molecule has 5 rings (SSSR count). The molecule has 0 bridgehead atoms. The molecular formula is C21H25N3O2. The van der Waals surface area contributed by atoms with Gasteiger partial charge in [0.15, 0.2) is 0 Å². The molecule has 5 nitrogen and oxygen atoms in total. The van der Waals surface area contributed by atoms with Crippen LogP contribution in [0.4, 0.5) is 0 Å². The van der Waals surface area contributed by atoms with Gasteiger partial charge >= 0.3 is 0 Å². The second-order valence-electron chi connectivity index (χ2n) is 8.36. The summed E-state index contributed by atoms with van der Waals surface area (Å²) in [6.45, 7) is 5.10. The molecule has 3 aliphatic rings. The summed E-state index contributed by atoms with van der Waals surface area (Å²) >= 11 is 0. The molecule has 3 atom stereocenters. The van der Waals surface area contributed by atoms with Crippen molar-refractivity contribution in [1.82, 2.24) is 14.8 Å². The normalized spacial score (nSPS) is 27.9. The van der Waals surface area contributed by atoms with Crippen LogP contribution in [0, 0.1) is 5.92 Å². The molecule has 4 heterocycles. The summed E-state index contributed by atoms with van der Waals surface area (Å²) in [5.74, 6) is 0.751. The number of aromatic amines is 1. The zero-order valence-corrected chi connectivity index (χ0v) is 15.4. The van der Waals surface area contributed by atoms with Gasteiger partial charge in [-0.3, -0.25) is 9.59 Å². The monoisotopic (exact) mass is 351 g/mol. The van der Waals surface area contributed by atoms with Gasteiger partial charge in [0.05, 0.1) is 6.04 Å². The third kappa shape index (κ3) is 2.09. The van der Waals surface area contributed by atoms with Gasteiger partial charge < -0.3 is 14.8 Å². The van der Waals surface area contributed by atoms with E-state index in [1.54, 1.807) is 0 Å². The maximum atomic E-state index is 13.3. The van der Waals surface area contributed by atoms with E-state index in [-0.39, 0.29) is 29.9 Å². The van der Waals surface area contributed by atoms with Gasteiger partial charge in [-0.15, -0.1) is 0 Å². The molecule has 0 radical (unpaired) electrons. The molecule has 2 amide bonds. The number of carbonyl (C=O) groups excluding carboxylic acids is 2. The summed E-state index contributed by atoms with van der Waals surface area (Å²) in [5.41, 5.74) is 3.47. The highest BCUT2D eigenvalue weighted by Crippen LogP contribution is 2.43. The number of fused-ring (bicyclic) bond motifs is 5. The van der Waals surface area contributed by atoms with Crippen LogP contribution in [0.3, 0.4) is 0 Å². The molecule has 26 heavy (non-hydrogen) atoms. The van der Waals surface area contributed by atoms with Gasteiger partial charge in [-0.1, -0.05) is 32.0 Å². The first kappa shape index (κ1) is 15.9. The number of piperazine rings is 1. The average molecular weight is 351 g/mol. The summed E-state index contributed by atoms with van der Waals surface area (Å²) in [5, 5.41) is 1.19. The van der Waals surface area contributed by atoms with Gasteiger partial charge in [-0.2, -0.15) is 0 Å². The molecule has 3 aliphatic heterocycles. The highest BCUT2D eigenvalue weighted by atomic mass is 16.2. The second-order valence-corrected chi connectivity index (χ2v) is 8.36. The second kappa shape index (κ2) is 5.60. The van der Waals surface area contributed by atoms with Crippen molar-refractivity contribution >= 4 is 22.7 Å². The molecule has 2 saturated heterocycles. The highest BCUT2D eigenvalue weighted by molar-refractivity contribution is 5.99. The van der Waals surface area contributed by atoms with Crippen LogP contribution in [0.1, 0.15) is 50.4 Å². The van der Waals surface area contributed by atoms with E-state index in [0.29, 0.717) is 12.3 Å². The largest absolute Gasteiger partial charge is 0.356 e. The molecule has 1 aromatic heterocycles. The number of nitrogens with one attached hydrogen (secondary N) is 1. The first-order valence-electron chi connectivity index (χ1n) is 9.78. The van der Waals surface area contributed by atoms with Gasteiger partial charge in [0.2, 0.25) is 11.8 Å². The maximum Gasteiger partial charge on any atom is 0.246 e. The van der Waals surface area contributed by atoms with Gasteiger partial charge in [0, 0.05) is 29.6 Å². The van der Waals surface area contributed by atoms with E-state index in [0.717, 1.165) is 37.0 Å². The van der Waals surface area contributed by atoms with Crippen molar-refractivity contribution in [3.63, 3.8) is 0 Å². The van der Waals surface area contributed by atoms with Crippen LogP contribution in [0.2, 0.25) is 0 Å². The molecule has 1 aromatic carbocycles. The number of hydrogen-bond acceptors (Lipinski definition) is 2. The first-order chi connectivity index (χ1) is 12.6. The predicted octanol–water partition coefficient (Wildman–Crippen LogP) is 3.01. The Kier molecular flexibility index (Phi) is 3.43. The van der Waals surface area contributed by atoms with Gasteiger partial charge in [0.1, 0.15) is 12.1 Å². The Labute approximate surface area is 153 Å². The van der Waals surface area contributed by atoms with Crippen molar-refractivity contribution < 1.29 is 9.59 Å². The molecular weight excluding hydrogens is 326 g/mol. The summed E-state index contributed by atoms with van der Waals surface area (Å²) in [6, 6.07) is 7.68. The lowest BCUT2D eigenvalue weighted by Gasteiger charge is -2.48. The third-order valence-corrected chi connectivity index (χ3v) is 6.30. The van der Waals surface area contributed by atoms with Crippen molar-refractivity contribution in [2.75, 3.05) is 6.54 Å². The smallest absolute Gasteiger partial charge is 0.246 e. The van der Waals surface area contributed by atoms with Crippen molar-refractivity contribution in [3.8, 4) is 0 Å². The molecule has 5 heteroatoms. The number of H-pyrrole nitrogens is 1. The van der Waals surface area contributed by atoms with Crippen LogP contribution in [-0.2, 0) is 16.0 Å². The Bertz CT molecular complexity index is 900. The van der Waals surface area contributed by atoms with E-state index in [1.165, 1.54) is 10.9 Å². The number of nitrogens with zero attached hydrogens (tertiary/aromatic N) is 2. The van der Waals surface area contributed by atoms with Gasteiger partial charge in [-0.05, 0) is 36.8 Å². The van der Waals surface area contributed by atoms with Gasteiger partial charge in [-0.25, -0.2) is 0 Å². The molecule has 2 aromatic rings. The van der Waals surface area contributed by atoms with Crippen molar-refractivity contribution in [2.24, 2.45) is 5.92 Å². The van der Waals surface area contributed by atoms with E-state index >= 15 is 0 Å². The lowest BCUT2D eigenvalue weighted by atomic mass is 9.85. The number of rotatable bonds is 2. The summed E-state index contributed by atoms with van der Waals surface area (Å²) < 4.78 is 0. The standard InChI is InChI=1S/C21H25N3O2/c1-12(2)10-17-19-14(13-6-3-4-7-15(13)22-19)11-18-20(25)23-9-5-8-16(23)21(26)24(17)18/h3-4,6-7,12,16-18,22H,5,8-11H2,1-2H3/t16-,17+,18-/m0/s1. The van der Waals surface area contributed by atoms with E-state index in [1.807, 2.05) is 21.9 Å². The van der Waals surface area contributed by atoms with Gasteiger partial charge in [0.25, 0.3) is 0 Å². The Morgan fingerprint density at radius 2 is 1.96 bits per heavy atom. The van der Waals surface area contributed by atoms with E-state index in [4.69, 9.17) is 0 Å². The number of para-hydroxylation sites is 1. The van der Waals surface area contributed by atoms with Crippen LogP contribution < -0.4 is 0 Å². The van der Waals surface area contributed by atoms with E-state index < -0.39 is 0 Å². The molecule has 0 saturated carbocycles. The Hall–Kier alpha value is -2.30. The molecule has 0 unspecified atom stereocenters. The SMILES string of the molecule is CC(C)C[C@@H]1c2[nH]c3ccccc3c2C[C@H]2C(=O)N3CCC[C@H]3C(=O)N12. The Morgan fingerprint density at radius 3 is 2.77 bits per heavy atom. The number of aromatic nitrogens is 1. The van der Waals surface area contributed by atoms with Crippen LogP contribution in [-0.4, -0.2) is 45.2 Å². The Morgan fingerprint density at radius 1 is 1.15 bits per heavy atom. The van der Waals surface area contributed by atoms with Crippen LogP contribution in [0.5, 0.6) is 0 Å². The van der Waals surface area contributed by atoms with Crippen molar-refractivity contribution in [1.29, 1.82) is 0 Å².